The number of anilines is 1. The number of ether oxygens (including phenoxy) is 2. The summed E-state index contributed by atoms with van der Waals surface area (Å²) < 4.78 is 10.6. The number of benzene rings is 1. The quantitative estimate of drug-likeness (QED) is 0.696. The third-order valence-corrected chi connectivity index (χ3v) is 3.88. The van der Waals surface area contributed by atoms with Gasteiger partial charge >= 0.3 is 0 Å². The second-order valence-corrected chi connectivity index (χ2v) is 5.63. The van der Waals surface area contributed by atoms with Gasteiger partial charge in [0.25, 0.3) is 0 Å². The number of carbonyl (C=O) groups excluding carboxylic acids is 2. The zero-order chi connectivity index (χ0) is 18.1. The highest BCUT2D eigenvalue weighted by molar-refractivity contribution is 5.94. The highest BCUT2D eigenvalue weighted by Crippen LogP contribution is 2.32. The molecule has 0 radical (unpaired) electrons. The van der Waals surface area contributed by atoms with Crippen LogP contribution in [0.1, 0.15) is 33.1 Å². The number of nitrogens with zero attached hydrogens (tertiary/aromatic N) is 2. The first-order valence-electron chi connectivity index (χ1n) is 8.18. The molecule has 0 heterocycles. The van der Waals surface area contributed by atoms with E-state index in [-0.39, 0.29) is 18.2 Å². The van der Waals surface area contributed by atoms with Crippen LogP contribution in [0.4, 0.5) is 5.69 Å². The molecule has 0 aliphatic carbocycles. The van der Waals surface area contributed by atoms with E-state index in [4.69, 9.17) is 9.47 Å². The van der Waals surface area contributed by atoms with Crippen LogP contribution in [-0.2, 0) is 9.59 Å². The third kappa shape index (κ3) is 5.44. The van der Waals surface area contributed by atoms with Crippen LogP contribution >= 0.6 is 0 Å². The van der Waals surface area contributed by atoms with Gasteiger partial charge in [-0.05, 0) is 18.6 Å². The maximum atomic E-state index is 12.2. The molecular weight excluding hydrogens is 308 g/mol. The number of methoxy groups -OCH3 is 2. The number of amides is 2. The molecule has 0 aliphatic rings. The van der Waals surface area contributed by atoms with Crippen LogP contribution in [0.2, 0.25) is 0 Å². The fraction of sp³-hybridized carbons (Fsp3) is 0.556. The van der Waals surface area contributed by atoms with Gasteiger partial charge in [0.1, 0.15) is 11.5 Å². The van der Waals surface area contributed by atoms with Crippen LogP contribution < -0.4 is 14.4 Å². The Hall–Kier alpha value is -2.24. The van der Waals surface area contributed by atoms with Gasteiger partial charge in [0, 0.05) is 39.5 Å². The Morgan fingerprint density at radius 3 is 2.38 bits per heavy atom. The molecule has 0 aromatic heterocycles. The largest absolute Gasteiger partial charge is 0.497 e. The molecule has 0 fully saturated rings. The van der Waals surface area contributed by atoms with E-state index in [1.807, 2.05) is 0 Å². The molecule has 0 unspecified atom stereocenters. The van der Waals surface area contributed by atoms with Gasteiger partial charge in [0.05, 0.1) is 19.9 Å². The fourth-order valence-electron chi connectivity index (χ4n) is 2.37. The lowest BCUT2D eigenvalue weighted by Gasteiger charge is -2.25. The van der Waals surface area contributed by atoms with Crippen molar-refractivity contribution in [1.29, 1.82) is 0 Å². The maximum absolute atomic E-state index is 12.2. The summed E-state index contributed by atoms with van der Waals surface area (Å²) >= 11 is 0. The van der Waals surface area contributed by atoms with Crippen molar-refractivity contribution >= 4 is 17.5 Å². The van der Waals surface area contributed by atoms with Crippen LogP contribution in [0.25, 0.3) is 0 Å². The van der Waals surface area contributed by atoms with Crippen molar-refractivity contribution in [2.45, 2.75) is 33.1 Å². The molecule has 6 heteroatoms. The molecule has 24 heavy (non-hydrogen) atoms. The molecular formula is C18H28N2O4. The van der Waals surface area contributed by atoms with Gasteiger partial charge in [-0.15, -0.1) is 0 Å². The second kappa shape index (κ2) is 9.80. The Bertz CT molecular complexity index is 560. The molecule has 0 atom stereocenters. The summed E-state index contributed by atoms with van der Waals surface area (Å²) in [7, 11) is 4.91. The Balaban J connectivity index is 2.88. The Kier molecular flexibility index (Phi) is 8.09. The molecule has 0 N–H and O–H groups in total. The number of carbonyl (C=O) groups is 2. The van der Waals surface area contributed by atoms with Gasteiger partial charge in [0.2, 0.25) is 11.8 Å². The first-order chi connectivity index (χ1) is 11.4. The predicted octanol–water partition coefficient (Wildman–Crippen LogP) is 2.71. The van der Waals surface area contributed by atoms with E-state index in [0.29, 0.717) is 23.7 Å². The highest BCUT2D eigenvalue weighted by atomic mass is 16.5. The highest BCUT2D eigenvalue weighted by Gasteiger charge is 2.19. The molecule has 1 aromatic rings. The summed E-state index contributed by atoms with van der Waals surface area (Å²) in [6.45, 7) is 4.60. The average Bonchev–Trinajstić information content (AvgIpc) is 2.58. The first kappa shape index (κ1) is 19.8. The number of rotatable bonds is 9. The molecule has 0 bridgehead atoms. The van der Waals surface area contributed by atoms with E-state index in [1.165, 1.54) is 6.92 Å². The van der Waals surface area contributed by atoms with E-state index in [2.05, 4.69) is 6.92 Å². The lowest BCUT2D eigenvalue weighted by Crippen LogP contribution is -2.35. The van der Waals surface area contributed by atoms with Crippen molar-refractivity contribution in [3.8, 4) is 11.5 Å². The average molecular weight is 336 g/mol. The lowest BCUT2D eigenvalue weighted by molar-refractivity contribution is -0.129. The van der Waals surface area contributed by atoms with Crippen molar-refractivity contribution in [2.75, 3.05) is 39.3 Å². The maximum Gasteiger partial charge on any atom is 0.224 e. The summed E-state index contributed by atoms with van der Waals surface area (Å²) in [5.41, 5.74) is 0.605. The minimum Gasteiger partial charge on any atom is -0.497 e. The third-order valence-electron chi connectivity index (χ3n) is 3.88. The molecule has 6 nitrogen and oxygen atoms in total. The molecule has 0 aliphatic heterocycles. The van der Waals surface area contributed by atoms with Gasteiger partial charge < -0.3 is 19.3 Å². The number of hydrogen-bond acceptors (Lipinski definition) is 4. The molecule has 1 aromatic carbocycles. The van der Waals surface area contributed by atoms with Crippen LogP contribution in [0, 0.1) is 0 Å². The summed E-state index contributed by atoms with van der Waals surface area (Å²) in [6.07, 6.45) is 2.28. The standard InChI is InChI=1S/C18H28N2O4/c1-6-7-11-19(3)18(22)10-12-20(14(2)21)16-13-15(23-4)8-9-17(16)24-5/h8-9,13H,6-7,10-12H2,1-5H3. The van der Waals surface area contributed by atoms with Crippen LogP contribution in [0.3, 0.4) is 0 Å². The number of unbranched alkanes of at least 4 members (excludes halogenated alkanes) is 1. The van der Waals surface area contributed by atoms with Gasteiger partial charge in [-0.2, -0.15) is 0 Å². The van der Waals surface area contributed by atoms with Gasteiger partial charge in [-0.25, -0.2) is 0 Å². The zero-order valence-electron chi connectivity index (χ0n) is 15.3. The van der Waals surface area contributed by atoms with Crippen LogP contribution in [-0.4, -0.2) is 51.1 Å². The Morgan fingerprint density at radius 1 is 1.12 bits per heavy atom. The molecule has 0 spiro atoms. The van der Waals surface area contributed by atoms with Crippen molar-refractivity contribution in [3.05, 3.63) is 18.2 Å². The van der Waals surface area contributed by atoms with E-state index in [9.17, 15) is 9.59 Å². The van der Waals surface area contributed by atoms with Crippen molar-refractivity contribution in [2.24, 2.45) is 0 Å². The van der Waals surface area contributed by atoms with E-state index >= 15 is 0 Å². The lowest BCUT2D eigenvalue weighted by atomic mass is 10.2. The van der Waals surface area contributed by atoms with Crippen molar-refractivity contribution in [1.82, 2.24) is 4.90 Å². The summed E-state index contributed by atoms with van der Waals surface area (Å²) in [6, 6.07) is 5.26. The number of hydrogen-bond donors (Lipinski definition) is 0. The fourth-order valence-corrected chi connectivity index (χ4v) is 2.37. The van der Waals surface area contributed by atoms with Gasteiger partial charge in [-0.3, -0.25) is 9.59 Å². The molecule has 1 rings (SSSR count). The monoisotopic (exact) mass is 336 g/mol. The predicted molar refractivity (Wildman–Crippen MR) is 94.7 cm³/mol. The SMILES string of the molecule is CCCCN(C)C(=O)CCN(C(C)=O)c1cc(OC)ccc1OC. The summed E-state index contributed by atoms with van der Waals surface area (Å²) in [5.74, 6) is 1.07. The second-order valence-electron chi connectivity index (χ2n) is 5.63. The first-order valence-corrected chi connectivity index (χ1v) is 8.18. The molecule has 0 saturated heterocycles. The van der Waals surface area contributed by atoms with E-state index in [1.54, 1.807) is 49.3 Å². The van der Waals surface area contributed by atoms with Gasteiger partial charge in [0.15, 0.2) is 0 Å². The Morgan fingerprint density at radius 2 is 1.83 bits per heavy atom. The Labute approximate surface area is 144 Å². The smallest absolute Gasteiger partial charge is 0.224 e. The summed E-state index contributed by atoms with van der Waals surface area (Å²) in [5, 5.41) is 0. The topological polar surface area (TPSA) is 59.1 Å². The normalized spacial score (nSPS) is 10.2. The van der Waals surface area contributed by atoms with Gasteiger partial charge in [-0.1, -0.05) is 13.3 Å². The van der Waals surface area contributed by atoms with E-state index in [0.717, 1.165) is 19.4 Å². The van der Waals surface area contributed by atoms with E-state index < -0.39 is 0 Å². The van der Waals surface area contributed by atoms with Crippen molar-refractivity contribution < 1.29 is 19.1 Å². The van der Waals surface area contributed by atoms with Crippen molar-refractivity contribution in [3.63, 3.8) is 0 Å². The zero-order valence-corrected chi connectivity index (χ0v) is 15.3. The minimum atomic E-state index is -0.148. The van der Waals surface area contributed by atoms with Crippen LogP contribution in [0.5, 0.6) is 11.5 Å². The van der Waals surface area contributed by atoms with Crippen LogP contribution in [0.15, 0.2) is 18.2 Å². The minimum absolute atomic E-state index is 0.0246. The molecule has 2 amide bonds. The molecule has 134 valence electrons. The molecule has 0 saturated carbocycles. The summed E-state index contributed by atoms with van der Waals surface area (Å²) in [4.78, 5) is 27.5.